The van der Waals surface area contributed by atoms with Crippen molar-refractivity contribution in [3.8, 4) is 17.2 Å². The highest BCUT2D eigenvalue weighted by Gasteiger charge is 2.50. The summed E-state index contributed by atoms with van der Waals surface area (Å²) in [5, 5.41) is 56.0. The van der Waals surface area contributed by atoms with E-state index in [0.29, 0.717) is 6.42 Å². The Balaban J connectivity index is 1.26. The molecule has 0 amide bonds. The van der Waals surface area contributed by atoms with Gasteiger partial charge in [-0.05, 0) is 19.4 Å². The minimum absolute atomic E-state index is 0.0704. The number of Topliss-reactive ketones (excluding diaryl/α,β-unsaturated/α-hetero) is 1. The summed E-state index contributed by atoms with van der Waals surface area (Å²) in [5.41, 5.74) is -3.88. The second-order valence-electron chi connectivity index (χ2n) is 15.6. The fourth-order valence-corrected chi connectivity index (χ4v) is 8.18. The molecule has 1 aliphatic heterocycles. The van der Waals surface area contributed by atoms with E-state index >= 15 is 0 Å². The van der Waals surface area contributed by atoms with Gasteiger partial charge in [-0.2, -0.15) is 0 Å². The number of phenolic OH excluding ortho intramolecular Hbond substituents is 2. The molecule has 0 bridgehead atoms. The average Bonchev–Trinajstić information content (AvgIpc) is 3.17. The van der Waals surface area contributed by atoms with Crippen molar-refractivity contribution in [1.82, 2.24) is 0 Å². The van der Waals surface area contributed by atoms with Crippen LogP contribution in [0.5, 0.6) is 17.2 Å². The second-order valence-corrected chi connectivity index (χ2v) is 15.6. The van der Waals surface area contributed by atoms with Crippen LogP contribution in [0.15, 0.2) is 18.2 Å². The Labute approximate surface area is 328 Å². The number of carbonyl (C=O) groups is 4. The molecule has 0 saturated carbocycles. The number of phenols is 2. The molecule has 2 unspecified atom stereocenters. The number of ketones is 3. The number of aromatic hydroxyl groups is 2. The summed E-state index contributed by atoms with van der Waals surface area (Å²) in [5.74, 6) is -4.43. The van der Waals surface area contributed by atoms with Crippen LogP contribution in [-0.4, -0.2) is 92.8 Å². The van der Waals surface area contributed by atoms with Crippen molar-refractivity contribution in [2.45, 2.75) is 159 Å². The molecule has 13 nitrogen and oxygen atoms in total. The monoisotopic (exact) mass is 782 g/mol. The number of unbranched alkanes of at least 4 members (excludes halogenated alkanes) is 12. The number of hydrogen-bond donors (Lipinski definition) is 5. The van der Waals surface area contributed by atoms with E-state index in [2.05, 4.69) is 6.92 Å². The van der Waals surface area contributed by atoms with Crippen LogP contribution in [0.3, 0.4) is 0 Å². The van der Waals surface area contributed by atoms with Gasteiger partial charge >= 0.3 is 5.97 Å². The number of ether oxygens (including phenoxy) is 4. The maximum Gasteiger partial charge on any atom is 0.306 e. The summed E-state index contributed by atoms with van der Waals surface area (Å²) in [6.45, 7) is 2.96. The summed E-state index contributed by atoms with van der Waals surface area (Å²) in [6.07, 6.45) is 7.70. The molecular formula is C43H58O13. The van der Waals surface area contributed by atoms with E-state index < -0.39 is 102 Å². The topological polar surface area (TPSA) is 206 Å². The quantitative estimate of drug-likeness (QED) is 0.0502. The van der Waals surface area contributed by atoms with E-state index in [0.717, 1.165) is 25.7 Å². The van der Waals surface area contributed by atoms with Gasteiger partial charge in [0.05, 0.1) is 42.1 Å². The van der Waals surface area contributed by atoms with E-state index in [1.165, 1.54) is 83.6 Å². The zero-order valence-electron chi connectivity index (χ0n) is 32.8. The zero-order valence-corrected chi connectivity index (χ0v) is 32.8. The van der Waals surface area contributed by atoms with Gasteiger partial charge in [0.1, 0.15) is 29.0 Å². The Kier molecular flexibility index (Phi) is 15.1. The number of carbonyl (C=O) groups excluding carboxylic acids is 4. The minimum atomic E-state index is -2.33. The molecule has 2 aromatic carbocycles. The Morgan fingerprint density at radius 2 is 1.46 bits per heavy atom. The van der Waals surface area contributed by atoms with Crippen molar-refractivity contribution in [1.29, 1.82) is 0 Å². The highest BCUT2D eigenvalue weighted by Crippen LogP contribution is 2.52. The predicted octanol–water partition coefficient (Wildman–Crippen LogP) is 6.07. The predicted molar refractivity (Wildman–Crippen MR) is 204 cm³/mol. The van der Waals surface area contributed by atoms with E-state index in [9.17, 15) is 44.7 Å². The molecule has 5 N–H and O–H groups in total. The Bertz CT molecular complexity index is 1720. The normalized spacial score (nSPS) is 24.3. The molecule has 0 spiro atoms. The zero-order chi connectivity index (χ0) is 40.6. The van der Waals surface area contributed by atoms with Gasteiger partial charge in [0.25, 0.3) is 0 Å². The Morgan fingerprint density at radius 1 is 0.857 bits per heavy atom. The van der Waals surface area contributed by atoms with Crippen molar-refractivity contribution >= 4 is 23.3 Å². The van der Waals surface area contributed by atoms with Crippen LogP contribution < -0.4 is 4.74 Å². The summed E-state index contributed by atoms with van der Waals surface area (Å²) in [7, 11) is 1.32. The fraction of sp³-hybridized carbons (Fsp3) is 0.628. The molecule has 1 saturated heterocycles. The van der Waals surface area contributed by atoms with Crippen LogP contribution in [0.4, 0.5) is 0 Å². The third kappa shape index (κ3) is 9.62. The van der Waals surface area contributed by atoms with Crippen molar-refractivity contribution < 1.29 is 63.7 Å². The lowest BCUT2D eigenvalue weighted by Gasteiger charge is -2.42. The molecular weight excluding hydrogens is 724 g/mol. The SMILES string of the molecule is CCCCCCCCCCCCCCCC(=O)OCC(=O)C1(O)Cc2c(O)c3c(c(O)c2C(O[C@H]2C[C@H](O)[C@H](O)[C@H](C)O2)C1)C(=O)c1c(OC)cccc1C3=O. The molecule has 2 aromatic rings. The highest BCUT2D eigenvalue weighted by molar-refractivity contribution is 6.31. The van der Waals surface area contributed by atoms with Gasteiger partial charge in [0.2, 0.25) is 11.6 Å². The van der Waals surface area contributed by atoms with Crippen molar-refractivity contribution in [2.75, 3.05) is 13.7 Å². The fourth-order valence-electron chi connectivity index (χ4n) is 8.18. The number of benzene rings is 2. The number of hydrogen-bond acceptors (Lipinski definition) is 13. The number of rotatable bonds is 20. The standard InChI is InChI=1S/C43H58O13/c1-4-5-6-7-8-9-10-11-12-13-14-15-16-20-32(46)54-24-31(45)43(52)22-27-35(30(23-43)56-33-21-28(44)38(47)25(2)55-33)42(51)37-36(40(27)49)39(48)26-18-17-19-29(53-3)34(26)41(37)50/h17-19,25,28,30,33,38,44,47,49,51-52H,4-16,20-24H2,1-3H3/t25-,28-,30?,33-,38+,43?/m0/s1. The molecule has 1 fully saturated rings. The molecule has 5 rings (SSSR count). The van der Waals surface area contributed by atoms with Crippen molar-refractivity contribution in [3.05, 3.63) is 51.6 Å². The van der Waals surface area contributed by atoms with Crippen LogP contribution in [0.2, 0.25) is 0 Å². The molecule has 0 aromatic heterocycles. The van der Waals surface area contributed by atoms with E-state index in [4.69, 9.17) is 18.9 Å². The first kappa shape index (κ1) is 43.2. The van der Waals surface area contributed by atoms with E-state index in [1.54, 1.807) is 0 Å². The third-order valence-electron chi connectivity index (χ3n) is 11.4. The Hall–Kier alpha value is -3.88. The molecule has 2 aliphatic carbocycles. The van der Waals surface area contributed by atoms with Gasteiger partial charge in [-0.3, -0.25) is 19.2 Å². The molecule has 6 atom stereocenters. The summed E-state index contributed by atoms with van der Waals surface area (Å²) < 4.78 is 22.5. The molecule has 56 heavy (non-hydrogen) atoms. The van der Waals surface area contributed by atoms with Crippen LogP contribution in [-0.2, 0) is 30.2 Å². The smallest absolute Gasteiger partial charge is 0.306 e. The van der Waals surface area contributed by atoms with Gasteiger partial charge < -0.3 is 44.5 Å². The largest absolute Gasteiger partial charge is 0.507 e. The summed E-state index contributed by atoms with van der Waals surface area (Å²) >= 11 is 0. The maximum absolute atomic E-state index is 13.9. The van der Waals surface area contributed by atoms with Gasteiger partial charge in [-0.25, -0.2) is 0 Å². The van der Waals surface area contributed by atoms with Crippen LogP contribution in [0, 0.1) is 0 Å². The number of aliphatic hydroxyl groups is 3. The Morgan fingerprint density at radius 3 is 2.07 bits per heavy atom. The molecule has 1 heterocycles. The maximum atomic E-state index is 13.9. The van der Waals surface area contributed by atoms with Crippen molar-refractivity contribution in [3.63, 3.8) is 0 Å². The number of methoxy groups -OCH3 is 1. The lowest BCUT2D eigenvalue weighted by Crippen LogP contribution is -2.50. The third-order valence-corrected chi connectivity index (χ3v) is 11.4. The number of esters is 1. The summed E-state index contributed by atoms with van der Waals surface area (Å²) in [6, 6.07) is 4.37. The minimum Gasteiger partial charge on any atom is -0.507 e. The van der Waals surface area contributed by atoms with Gasteiger partial charge in [-0.15, -0.1) is 0 Å². The molecule has 308 valence electrons. The van der Waals surface area contributed by atoms with E-state index in [-0.39, 0.29) is 40.8 Å². The van der Waals surface area contributed by atoms with Gasteiger partial charge in [-0.1, -0.05) is 96.1 Å². The van der Waals surface area contributed by atoms with Crippen LogP contribution in [0.25, 0.3) is 0 Å². The lowest BCUT2D eigenvalue weighted by atomic mass is 9.72. The van der Waals surface area contributed by atoms with Gasteiger partial charge in [0.15, 0.2) is 18.7 Å². The first-order chi connectivity index (χ1) is 26.8. The second kappa shape index (κ2) is 19.5. The van der Waals surface area contributed by atoms with Crippen molar-refractivity contribution in [2.24, 2.45) is 0 Å². The number of fused-ring (bicyclic) bond motifs is 3. The molecule has 13 heteroatoms. The van der Waals surface area contributed by atoms with Crippen LogP contribution in [0.1, 0.15) is 166 Å². The summed E-state index contributed by atoms with van der Waals surface area (Å²) in [4.78, 5) is 54.1. The molecule has 0 radical (unpaired) electrons. The first-order valence-electron chi connectivity index (χ1n) is 20.3. The molecule has 3 aliphatic rings. The average molecular weight is 783 g/mol. The van der Waals surface area contributed by atoms with Crippen LogP contribution >= 0.6 is 0 Å². The van der Waals surface area contributed by atoms with Gasteiger partial charge in [0, 0.05) is 42.4 Å². The highest BCUT2D eigenvalue weighted by atomic mass is 16.7. The first-order valence-corrected chi connectivity index (χ1v) is 20.3. The lowest BCUT2D eigenvalue weighted by molar-refractivity contribution is -0.266. The van der Waals surface area contributed by atoms with E-state index in [1.807, 2.05) is 0 Å². The number of aliphatic hydroxyl groups excluding tert-OH is 2.